The van der Waals surface area contributed by atoms with Gasteiger partial charge in [-0.1, -0.05) is 54.1 Å². The minimum atomic E-state index is -0.525. The summed E-state index contributed by atoms with van der Waals surface area (Å²) in [4.78, 5) is 25.1. The average molecular weight is 459 g/mol. The zero-order valence-corrected chi connectivity index (χ0v) is 18.4. The molecule has 0 atom stereocenters. The number of nitrogens with zero attached hydrogens (tertiary/aromatic N) is 1. The summed E-state index contributed by atoms with van der Waals surface area (Å²) < 4.78 is 10.8. The smallest absolute Gasteiger partial charge is 0.343 e. The van der Waals surface area contributed by atoms with E-state index in [-0.39, 0.29) is 0 Å². The number of methoxy groups -OCH3 is 1. The lowest BCUT2D eigenvalue weighted by Gasteiger charge is -2.11. The molecule has 0 saturated carbocycles. The fourth-order valence-corrected chi connectivity index (χ4v) is 3.47. The topological polar surface area (TPSA) is 77.0 Å². The molecule has 0 fully saturated rings. The van der Waals surface area contributed by atoms with Crippen LogP contribution in [0.5, 0.6) is 11.5 Å². The fraction of sp³-hybridized carbons (Fsp3) is 0.0385. The first kappa shape index (κ1) is 22.0. The number of fused-ring (bicyclic) bond motifs is 1. The van der Waals surface area contributed by atoms with Gasteiger partial charge in [-0.3, -0.25) is 4.79 Å². The third-order valence-electron chi connectivity index (χ3n) is 4.94. The maximum atomic E-state index is 12.7. The second-order valence-corrected chi connectivity index (χ2v) is 7.40. The van der Waals surface area contributed by atoms with Crippen LogP contribution in [-0.4, -0.2) is 25.2 Å². The molecule has 0 saturated heterocycles. The van der Waals surface area contributed by atoms with Gasteiger partial charge in [0.25, 0.3) is 5.91 Å². The maximum absolute atomic E-state index is 12.7. The third-order valence-corrected chi connectivity index (χ3v) is 5.27. The Kier molecular flexibility index (Phi) is 6.66. The van der Waals surface area contributed by atoms with Crippen LogP contribution in [0.1, 0.15) is 26.3 Å². The number of hydrogen-bond acceptors (Lipinski definition) is 5. The molecule has 4 aromatic rings. The Labute approximate surface area is 195 Å². The molecule has 4 aromatic carbocycles. The molecule has 1 amide bonds. The number of halogens is 1. The summed E-state index contributed by atoms with van der Waals surface area (Å²) >= 11 is 6.07. The van der Waals surface area contributed by atoms with Crippen molar-refractivity contribution in [2.24, 2.45) is 5.10 Å². The van der Waals surface area contributed by atoms with E-state index in [0.717, 1.165) is 10.8 Å². The largest absolute Gasteiger partial charge is 0.497 e. The Hall–Kier alpha value is -4.16. The van der Waals surface area contributed by atoms with E-state index < -0.39 is 11.9 Å². The van der Waals surface area contributed by atoms with E-state index >= 15 is 0 Å². The molecular formula is C26H19ClN2O4. The average Bonchev–Trinajstić information content (AvgIpc) is 2.85. The van der Waals surface area contributed by atoms with Crippen LogP contribution in [0.3, 0.4) is 0 Å². The fourth-order valence-electron chi connectivity index (χ4n) is 3.24. The number of ether oxygens (including phenoxy) is 2. The Morgan fingerprint density at radius 2 is 1.64 bits per heavy atom. The van der Waals surface area contributed by atoms with Crippen LogP contribution >= 0.6 is 11.6 Å². The first-order valence-electron chi connectivity index (χ1n) is 10.0. The molecule has 0 aromatic heterocycles. The summed E-state index contributed by atoms with van der Waals surface area (Å²) in [5, 5.41) is 6.15. The maximum Gasteiger partial charge on any atom is 0.343 e. The summed E-state index contributed by atoms with van der Waals surface area (Å²) in [6.45, 7) is 0. The number of carbonyl (C=O) groups is 2. The molecule has 164 valence electrons. The monoisotopic (exact) mass is 458 g/mol. The van der Waals surface area contributed by atoms with Crippen molar-refractivity contribution in [3.8, 4) is 11.5 Å². The summed E-state index contributed by atoms with van der Waals surface area (Å²) in [5.74, 6) is -0.0267. The van der Waals surface area contributed by atoms with E-state index in [2.05, 4.69) is 10.5 Å². The molecule has 0 aliphatic carbocycles. The van der Waals surface area contributed by atoms with Gasteiger partial charge < -0.3 is 9.47 Å². The predicted molar refractivity (Wildman–Crippen MR) is 128 cm³/mol. The van der Waals surface area contributed by atoms with E-state index in [1.165, 1.54) is 6.21 Å². The van der Waals surface area contributed by atoms with Crippen molar-refractivity contribution in [2.45, 2.75) is 0 Å². The number of hydrogen-bond donors (Lipinski definition) is 1. The normalized spacial score (nSPS) is 10.8. The number of hydrazone groups is 1. The highest BCUT2D eigenvalue weighted by atomic mass is 35.5. The van der Waals surface area contributed by atoms with Crippen molar-refractivity contribution in [3.05, 3.63) is 107 Å². The first-order chi connectivity index (χ1) is 16.1. The molecule has 0 aliphatic rings. The van der Waals surface area contributed by atoms with Crippen LogP contribution in [0.2, 0.25) is 5.02 Å². The summed E-state index contributed by atoms with van der Waals surface area (Å²) in [5.41, 5.74) is 3.70. The molecule has 7 heteroatoms. The highest BCUT2D eigenvalue weighted by Crippen LogP contribution is 2.27. The number of nitrogens with one attached hydrogen (secondary N) is 1. The molecule has 6 nitrogen and oxygen atoms in total. The molecule has 0 unspecified atom stereocenters. The Morgan fingerprint density at radius 3 is 2.39 bits per heavy atom. The van der Waals surface area contributed by atoms with E-state index in [1.807, 2.05) is 30.3 Å². The van der Waals surface area contributed by atoms with Gasteiger partial charge in [0.15, 0.2) is 0 Å². The van der Waals surface area contributed by atoms with Crippen molar-refractivity contribution < 1.29 is 19.1 Å². The van der Waals surface area contributed by atoms with E-state index in [4.69, 9.17) is 21.1 Å². The van der Waals surface area contributed by atoms with Gasteiger partial charge in [-0.2, -0.15) is 5.10 Å². The minimum absolute atomic E-state index is 0.306. The predicted octanol–water partition coefficient (Wildman–Crippen LogP) is 5.48. The lowest BCUT2D eigenvalue weighted by molar-refractivity contribution is 0.0734. The van der Waals surface area contributed by atoms with Gasteiger partial charge in [-0.15, -0.1) is 0 Å². The van der Waals surface area contributed by atoms with Crippen LogP contribution in [0.4, 0.5) is 0 Å². The van der Waals surface area contributed by atoms with E-state index in [0.29, 0.717) is 33.2 Å². The van der Waals surface area contributed by atoms with Crippen molar-refractivity contribution in [2.75, 3.05) is 7.11 Å². The molecule has 0 aliphatic heterocycles. The minimum Gasteiger partial charge on any atom is -0.497 e. The van der Waals surface area contributed by atoms with Gasteiger partial charge >= 0.3 is 5.97 Å². The highest BCUT2D eigenvalue weighted by Gasteiger charge is 2.14. The first-order valence-corrected chi connectivity index (χ1v) is 10.4. The van der Waals surface area contributed by atoms with Crippen LogP contribution in [0.15, 0.2) is 90.0 Å². The van der Waals surface area contributed by atoms with Crippen molar-refractivity contribution >= 4 is 40.5 Å². The molecule has 0 heterocycles. The van der Waals surface area contributed by atoms with Crippen molar-refractivity contribution in [3.63, 3.8) is 0 Å². The quantitative estimate of drug-likeness (QED) is 0.179. The van der Waals surface area contributed by atoms with Gasteiger partial charge in [0, 0.05) is 5.56 Å². The summed E-state index contributed by atoms with van der Waals surface area (Å²) in [6, 6.07) is 24.5. The molecule has 1 N–H and O–H groups in total. The van der Waals surface area contributed by atoms with E-state index in [9.17, 15) is 9.59 Å². The van der Waals surface area contributed by atoms with Gasteiger partial charge in [-0.25, -0.2) is 10.2 Å². The molecule has 4 rings (SSSR count). The van der Waals surface area contributed by atoms with Crippen LogP contribution in [-0.2, 0) is 0 Å². The third kappa shape index (κ3) is 5.02. The van der Waals surface area contributed by atoms with Crippen LogP contribution in [0, 0.1) is 0 Å². The van der Waals surface area contributed by atoms with Crippen LogP contribution in [0.25, 0.3) is 10.8 Å². The zero-order valence-electron chi connectivity index (χ0n) is 17.6. The Bertz CT molecular complexity index is 1350. The molecular weight excluding hydrogens is 440 g/mol. The second kappa shape index (κ2) is 9.97. The molecule has 0 radical (unpaired) electrons. The molecule has 0 bridgehead atoms. The van der Waals surface area contributed by atoms with E-state index in [1.54, 1.807) is 61.7 Å². The zero-order chi connectivity index (χ0) is 23.2. The lowest BCUT2D eigenvalue weighted by Crippen LogP contribution is -2.18. The van der Waals surface area contributed by atoms with Crippen LogP contribution < -0.4 is 14.9 Å². The Morgan fingerprint density at radius 1 is 0.909 bits per heavy atom. The summed E-state index contributed by atoms with van der Waals surface area (Å²) in [6.07, 6.45) is 1.45. The SMILES string of the molecule is COc1ccc(C(=O)Oc2ccc3ccccc3c2/C=N/NC(=O)c2ccccc2Cl)cc1. The number of rotatable bonds is 6. The lowest BCUT2D eigenvalue weighted by atomic mass is 10.0. The number of benzene rings is 4. The highest BCUT2D eigenvalue weighted by molar-refractivity contribution is 6.33. The van der Waals surface area contributed by atoms with Gasteiger partial charge in [0.05, 0.1) is 29.5 Å². The Balaban J connectivity index is 1.62. The molecule has 0 spiro atoms. The number of carbonyl (C=O) groups excluding carboxylic acids is 2. The van der Waals surface area contributed by atoms with Gasteiger partial charge in [0.1, 0.15) is 11.5 Å². The second-order valence-electron chi connectivity index (χ2n) is 7.00. The van der Waals surface area contributed by atoms with Crippen molar-refractivity contribution in [1.29, 1.82) is 0 Å². The molecule has 33 heavy (non-hydrogen) atoms. The standard InChI is InChI=1S/C26H19ClN2O4/c1-32-19-13-10-18(11-14-19)26(31)33-24-15-12-17-6-2-3-7-20(17)22(24)16-28-29-25(30)21-8-4-5-9-23(21)27/h2-16H,1H3,(H,29,30)/b28-16+. The van der Waals surface area contributed by atoms with Gasteiger partial charge in [-0.05, 0) is 53.2 Å². The van der Waals surface area contributed by atoms with Crippen molar-refractivity contribution in [1.82, 2.24) is 5.43 Å². The van der Waals surface area contributed by atoms with Gasteiger partial charge in [0.2, 0.25) is 0 Å². The number of amides is 1. The number of esters is 1. The summed E-state index contributed by atoms with van der Waals surface area (Å²) in [7, 11) is 1.55.